The first kappa shape index (κ1) is 11.7. The highest BCUT2D eigenvalue weighted by Crippen LogP contribution is 2.65. The SMILES string of the molecule is CC1(C)[C@@H]2C[C@H]1[C@@]1(C)OB([C@H]3CCCN3)O[C@@H]1C2. The van der Waals surface area contributed by atoms with Gasteiger partial charge in [0.25, 0.3) is 0 Å². The van der Waals surface area contributed by atoms with E-state index in [1.54, 1.807) is 0 Å². The molecule has 5 atom stereocenters. The molecule has 0 aromatic heterocycles. The summed E-state index contributed by atoms with van der Waals surface area (Å²) in [5.41, 5.74) is 0.416. The average Bonchev–Trinajstić information content (AvgIpc) is 2.92. The smallest absolute Gasteiger partial charge is 0.404 e. The van der Waals surface area contributed by atoms with Crippen molar-refractivity contribution in [2.24, 2.45) is 17.3 Å². The molecule has 5 fully saturated rings. The Bertz CT molecular complexity index is 369. The maximum atomic E-state index is 6.44. The number of nitrogens with one attached hydrogen (secondary N) is 1. The van der Waals surface area contributed by atoms with Gasteiger partial charge in [0.2, 0.25) is 0 Å². The zero-order valence-corrected chi connectivity index (χ0v) is 11.7. The Morgan fingerprint density at radius 1 is 1.22 bits per heavy atom. The molecule has 100 valence electrons. The highest BCUT2D eigenvalue weighted by atomic mass is 16.7. The van der Waals surface area contributed by atoms with E-state index in [0.717, 1.165) is 12.5 Å². The third-order valence-corrected chi connectivity index (χ3v) is 6.40. The Balaban J connectivity index is 1.57. The molecule has 0 aromatic rings. The molecule has 2 heterocycles. The largest absolute Gasteiger partial charge is 0.475 e. The molecule has 0 aromatic carbocycles. The normalized spacial score (nSPS) is 53.2. The van der Waals surface area contributed by atoms with Crippen molar-refractivity contribution in [1.29, 1.82) is 0 Å². The predicted molar refractivity (Wildman–Crippen MR) is 71.1 cm³/mol. The third-order valence-electron chi connectivity index (χ3n) is 6.40. The van der Waals surface area contributed by atoms with Gasteiger partial charge in [0, 0.05) is 5.94 Å². The Morgan fingerprint density at radius 3 is 2.72 bits per heavy atom. The minimum Gasteiger partial charge on any atom is -0.404 e. The predicted octanol–water partition coefficient (Wildman–Crippen LogP) is 2.01. The second-order valence-electron chi connectivity index (χ2n) is 7.54. The summed E-state index contributed by atoms with van der Waals surface area (Å²) >= 11 is 0. The van der Waals surface area contributed by atoms with Crippen LogP contribution in [0, 0.1) is 17.3 Å². The summed E-state index contributed by atoms with van der Waals surface area (Å²) in [6.07, 6.45) is 5.33. The topological polar surface area (TPSA) is 30.5 Å². The van der Waals surface area contributed by atoms with Crippen molar-refractivity contribution in [3.63, 3.8) is 0 Å². The molecule has 3 nitrogen and oxygen atoms in total. The minimum absolute atomic E-state index is 0.00218. The van der Waals surface area contributed by atoms with Gasteiger partial charge >= 0.3 is 7.12 Å². The Kier molecular flexibility index (Phi) is 2.30. The fourth-order valence-corrected chi connectivity index (χ4v) is 5.01. The lowest BCUT2D eigenvalue weighted by atomic mass is 9.43. The Hall–Kier alpha value is -0.0551. The van der Waals surface area contributed by atoms with Gasteiger partial charge in [-0.15, -0.1) is 0 Å². The van der Waals surface area contributed by atoms with Crippen LogP contribution in [-0.2, 0) is 9.31 Å². The zero-order chi connectivity index (χ0) is 12.5. The first-order valence-electron chi connectivity index (χ1n) is 7.58. The molecule has 2 bridgehead atoms. The van der Waals surface area contributed by atoms with Crippen LogP contribution >= 0.6 is 0 Å². The van der Waals surface area contributed by atoms with Crippen molar-refractivity contribution >= 4 is 7.12 Å². The number of hydrogen-bond acceptors (Lipinski definition) is 3. The maximum absolute atomic E-state index is 6.44. The standard InChI is InChI=1S/C14H24BNO2/c1-13(2)9-7-10(13)14(3)11(8-9)17-15(18-14)12-5-4-6-16-12/h9-12,16H,4-8H2,1-3H3/t9-,10-,11-,12-,14-/m1/s1. The van der Waals surface area contributed by atoms with Crippen LogP contribution in [0.2, 0.25) is 0 Å². The van der Waals surface area contributed by atoms with E-state index in [-0.39, 0.29) is 12.7 Å². The molecular weight excluding hydrogens is 225 g/mol. The van der Waals surface area contributed by atoms with Crippen LogP contribution in [-0.4, -0.2) is 31.3 Å². The van der Waals surface area contributed by atoms with Crippen LogP contribution in [0.5, 0.6) is 0 Å². The van der Waals surface area contributed by atoms with Gasteiger partial charge in [-0.3, -0.25) is 0 Å². The van der Waals surface area contributed by atoms with Crippen molar-refractivity contribution in [2.75, 3.05) is 6.54 Å². The summed E-state index contributed by atoms with van der Waals surface area (Å²) in [5, 5.41) is 3.52. The second kappa shape index (κ2) is 3.53. The van der Waals surface area contributed by atoms with Crippen molar-refractivity contribution in [1.82, 2.24) is 5.32 Å². The molecule has 18 heavy (non-hydrogen) atoms. The van der Waals surface area contributed by atoms with E-state index in [1.165, 1.54) is 25.7 Å². The van der Waals surface area contributed by atoms with Crippen molar-refractivity contribution < 1.29 is 9.31 Å². The van der Waals surface area contributed by atoms with Gasteiger partial charge in [-0.25, -0.2) is 0 Å². The average molecular weight is 249 g/mol. The fourth-order valence-electron chi connectivity index (χ4n) is 5.01. The summed E-state index contributed by atoms with van der Waals surface area (Å²) in [7, 11) is -0.00218. The summed E-state index contributed by atoms with van der Waals surface area (Å²) in [6, 6.07) is 0. The monoisotopic (exact) mass is 249 g/mol. The summed E-state index contributed by atoms with van der Waals surface area (Å²) in [6.45, 7) is 8.25. The number of rotatable bonds is 1. The highest BCUT2D eigenvalue weighted by Gasteiger charge is 2.68. The van der Waals surface area contributed by atoms with E-state index < -0.39 is 0 Å². The third kappa shape index (κ3) is 1.32. The Morgan fingerprint density at radius 2 is 2.06 bits per heavy atom. The molecule has 2 aliphatic heterocycles. The first-order valence-corrected chi connectivity index (χ1v) is 7.58. The molecular formula is C14H24BNO2. The minimum atomic E-state index is -0.0345. The van der Waals surface area contributed by atoms with Gasteiger partial charge in [0.1, 0.15) is 0 Å². The van der Waals surface area contributed by atoms with Crippen LogP contribution < -0.4 is 5.32 Å². The quantitative estimate of drug-likeness (QED) is 0.721. The van der Waals surface area contributed by atoms with Crippen LogP contribution in [0.25, 0.3) is 0 Å². The van der Waals surface area contributed by atoms with Gasteiger partial charge in [-0.1, -0.05) is 13.8 Å². The van der Waals surface area contributed by atoms with Crippen LogP contribution in [0.3, 0.4) is 0 Å². The van der Waals surface area contributed by atoms with E-state index in [2.05, 4.69) is 26.1 Å². The van der Waals surface area contributed by atoms with Gasteiger partial charge in [0.05, 0.1) is 11.7 Å². The van der Waals surface area contributed by atoms with Crippen LogP contribution in [0.15, 0.2) is 0 Å². The lowest BCUT2D eigenvalue weighted by Gasteiger charge is -2.64. The highest BCUT2D eigenvalue weighted by molar-refractivity contribution is 6.47. The molecule has 2 saturated heterocycles. The molecule has 3 saturated carbocycles. The second-order valence-corrected chi connectivity index (χ2v) is 7.54. The first-order chi connectivity index (χ1) is 8.52. The summed E-state index contributed by atoms with van der Waals surface area (Å²) in [4.78, 5) is 0. The number of hydrogen-bond donors (Lipinski definition) is 1. The fraction of sp³-hybridized carbons (Fsp3) is 1.00. The van der Waals surface area contributed by atoms with Gasteiger partial charge in [0.15, 0.2) is 0 Å². The van der Waals surface area contributed by atoms with E-state index in [4.69, 9.17) is 9.31 Å². The van der Waals surface area contributed by atoms with Crippen molar-refractivity contribution in [2.45, 2.75) is 64.1 Å². The zero-order valence-electron chi connectivity index (χ0n) is 11.7. The summed E-state index contributed by atoms with van der Waals surface area (Å²) < 4.78 is 12.7. The van der Waals surface area contributed by atoms with Crippen molar-refractivity contribution in [3.8, 4) is 0 Å². The maximum Gasteiger partial charge on any atom is 0.475 e. The molecule has 0 unspecified atom stereocenters. The van der Waals surface area contributed by atoms with Gasteiger partial charge in [-0.05, 0) is 56.4 Å². The molecule has 0 radical (unpaired) electrons. The molecule has 0 spiro atoms. The van der Waals surface area contributed by atoms with Crippen LogP contribution in [0.1, 0.15) is 46.5 Å². The molecule has 0 amide bonds. The van der Waals surface area contributed by atoms with E-state index in [9.17, 15) is 0 Å². The molecule has 5 rings (SSSR count). The molecule has 5 aliphatic rings. The van der Waals surface area contributed by atoms with Crippen molar-refractivity contribution in [3.05, 3.63) is 0 Å². The summed E-state index contributed by atoms with van der Waals surface area (Å²) in [5.74, 6) is 1.95. The molecule has 3 aliphatic carbocycles. The lowest BCUT2D eigenvalue weighted by molar-refractivity contribution is -0.199. The Labute approximate surface area is 110 Å². The van der Waals surface area contributed by atoms with Crippen LogP contribution in [0.4, 0.5) is 0 Å². The molecule has 1 N–H and O–H groups in total. The van der Waals surface area contributed by atoms with E-state index in [0.29, 0.717) is 23.4 Å². The van der Waals surface area contributed by atoms with E-state index >= 15 is 0 Å². The van der Waals surface area contributed by atoms with Gasteiger partial charge in [-0.2, -0.15) is 0 Å². The van der Waals surface area contributed by atoms with Gasteiger partial charge < -0.3 is 14.6 Å². The lowest BCUT2D eigenvalue weighted by Crippen LogP contribution is -2.65. The molecule has 4 heteroatoms. The van der Waals surface area contributed by atoms with E-state index in [1.807, 2.05) is 0 Å².